The molecule has 0 amide bonds. The maximum Gasteiger partial charge on any atom is 0.295 e. The monoisotopic (exact) mass is 289 g/mol. The van der Waals surface area contributed by atoms with Crippen LogP contribution in [0.15, 0.2) is 22.6 Å². The van der Waals surface area contributed by atoms with Crippen LogP contribution >= 0.6 is 0 Å². The highest BCUT2D eigenvalue weighted by Gasteiger charge is 2.18. The number of hydrogen-bond donors (Lipinski definition) is 1. The van der Waals surface area contributed by atoms with Crippen LogP contribution in [-0.2, 0) is 0 Å². The molecule has 0 spiro atoms. The number of benzene rings is 1. The molecule has 6 heteroatoms. The molecule has 112 valence electrons. The summed E-state index contributed by atoms with van der Waals surface area (Å²) in [5.74, 6) is 0.781. The number of nitrogens with one attached hydrogen (secondary N) is 1. The van der Waals surface area contributed by atoms with Gasteiger partial charge in [-0.2, -0.15) is 4.98 Å². The Bertz CT molecular complexity index is 653. The van der Waals surface area contributed by atoms with Gasteiger partial charge in [-0.25, -0.2) is 0 Å². The first-order valence-corrected chi connectivity index (χ1v) is 7.43. The van der Waals surface area contributed by atoms with Gasteiger partial charge in [-0.15, -0.1) is 0 Å². The van der Waals surface area contributed by atoms with Gasteiger partial charge >= 0.3 is 0 Å². The fourth-order valence-electron chi connectivity index (χ4n) is 2.89. The zero-order valence-corrected chi connectivity index (χ0v) is 12.0. The molecule has 1 aromatic heterocycles. The normalized spacial score (nSPS) is 22.9. The van der Waals surface area contributed by atoms with E-state index in [0.29, 0.717) is 23.2 Å². The van der Waals surface area contributed by atoms with Crippen LogP contribution in [0.2, 0.25) is 0 Å². The Kier molecular flexibility index (Phi) is 3.77. The molecule has 3 rings (SSSR count). The molecule has 1 aliphatic carbocycles. The number of nitro benzene ring substituents is 1. The minimum Gasteiger partial charge on any atom is -0.423 e. The van der Waals surface area contributed by atoms with Crippen LogP contribution in [0.4, 0.5) is 11.7 Å². The third-order valence-electron chi connectivity index (χ3n) is 4.17. The molecule has 1 aliphatic rings. The van der Waals surface area contributed by atoms with E-state index in [1.165, 1.54) is 31.4 Å². The second-order valence-electron chi connectivity index (χ2n) is 5.88. The third-order valence-corrected chi connectivity index (χ3v) is 4.17. The summed E-state index contributed by atoms with van der Waals surface area (Å²) in [6, 6.07) is 5.32. The van der Waals surface area contributed by atoms with E-state index in [2.05, 4.69) is 17.2 Å². The second-order valence-corrected chi connectivity index (χ2v) is 5.88. The molecular formula is C15H19N3O3. The van der Waals surface area contributed by atoms with Gasteiger partial charge in [-0.05, 0) is 31.2 Å². The van der Waals surface area contributed by atoms with Gasteiger partial charge in [0.2, 0.25) is 0 Å². The fourth-order valence-corrected chi connectivity index (χ4v) is 2.89. The van der Waals surface area contributed by atoms with Crippen molar-refractivity contribution < 1.29 is 9.34 Å². The molecule has 21 heavy (non-hydrogen) atoms. The summed E-state index contributed by atoms with van der Waals surface area (Å²) in [6.45, 7) is 2.29. The molecule has 1 fully saturated rings. The van der Waals surface area contributed by atoms with Crippen LogP contribution in [-0.4, -0.2) is 15.9 Å². The van der Waals surface area contributed by atoms with Crippen molar-refractivity contribution in [2.24, 2.45) is 5.92 Å². The highest BCUT2D eigenvalue weighted by atomic mass is 16.6. The minimum atomic E-state index is -0.429. The van der Waals surface area contributed by atoms with Crippen molar-refractivity contribution in [2.75, 3.05) is 5.32 Å². The van der Waals surface area contributed by atoms with Crippen LogP contribution in [0.25, 0.3) is 11.1 Å². The number of anilines is 1. The molecule has 0 aliphatic heterocycles. The first kappa shape index (κ1) is 13.9. The number of non-ortho nitro benzene ring substituents is 1. The van der Waals surface area contributed by atoms with Gasteiger partial charge in [0.25, 0.3) is 11.7 Å². The topological polar surface area (TPSA) is 81.2 Å². The first-order valence-electron chi connectivity index (χ1n) is 7.43. The number of fused-ring (bicyclic) bond motifs is 1. The largest absolute Gasteiger partial charge is 0.423 e. The molecule has 1 heterocycles. The smallest absolute Gasteiger partial charge is 0.295 e. The summed E-state index contributed by atoms with van der Waals surface area (Å²) < 4.78 is 5.60. The number of rotatable bonds is 3. The molecule has 6 nitrogen and oxygen atoms in total. The van der Waals surface area contributed by atoms with E-state index in [9.17, 15) is 10.1 Å². The van der Waals surface area contributed by atoms with Gasteiger partial charge in [0.15, 0.2) is 5.58 Å². The number of hydrogen-bond acceptors (Lipinski definition) is 5. The molecule has 2 unspecified atom stereocenters. The SMILES string of the molecule is CC1CCCC(Nc2nc3ccc([N+](=O)[O-])cc3o2)CC1. The second kappa shape index (κ2) is 5.71. The molecule has 0 saturated heterocycles. The lowest BCUT2D eigenvalue weighted by molar-refractivity contribution is -0.384. The van der Waals surface area contributed by atoms with Crippen LogP contribution in [0.1, 0.15) is 39.0 Å². The molecule has 0 bridgehead atoms. The molecule has 0 radical (unpaired) electrons. The quantitative estimate of drug-likeness (QED) is 0.522. The molecular weight excluding hydrogens is 270 g/mol. The molecule has 2 aromatic rings. The average molecular weight is 289 g/mol. The maximum absolute atomic E-state index is 10.8. The number of nitrogens with zero attached hydrogens (tertiary/aromatic N) is 2. The molecule has 1 saturated carbocycles. The van der Waals surface area contributed by atoms with Gasteiger partial charge in [0, 0.05) is 12.1 Å². The van der Waals surface area contributed by atoms with E-state index in [1.807, 2.05) is 0 Å². The van der Waals surface area contributed by atoms with Crippen molar-refractivity contribution in [3.8, 4) is 0 Å². The zero-order valence-electron chi connectivity index (χ0n) is 12.0. The van der Waals surface area contributed by atoms with Gasteiger partial charge in [-0.3, -0.25) is 10.1 Å². The Morgan fingerprint density at radius 3 is 3.00 bits per heavy atom. The lowest BCUT2D eigenvalue weighted by atomic mass is 10.0. The van der Waals surface area contributed by atoms with E-state index >= 15 is 0 Å². The van der Waals surface area contributed by atoms with Crippen molar-refractivity contribution in [1.29, 1.82) is 0 Å². The van der Waals surface area contributed by atoms with Gasteiger partial charge < -0.3 is 9.73 Å². The summed E-state index contributed by atoms with van der Waals surface area (Å²) >= 11 is 0. The highest BCUT2D eigenvalue weighted by molar-refractivity contribution is 5.77. The Labute approximate surface area is 122 Å². The maximum atomic E-state index is 10.8. The Hall–Kier alpha value is -2.11. The summed E-state index contributed by atoms with van der Waals surface area (Å²) in [4.78, 5) is 14.7. The summed E-state index contributed by atoms with van der Waals surface area (Å²) in [5.41, 5.74) is 1.12. The van der Waals surface area contributed by atoms with E-state index in [1.54, 1.807) is 6.07 Å². The van der Waals surface area contributed by atoms with Crippen molar-refractivity contribution in [2.45, 2.75) is 45.1 Å². The van der Waals surface area contributed by atoms with Crippen LogP contribution < -0.4 is 5.32 Å². The predicted octanol–water partition coefficient (Wildman–Crippen LogP) is 4.12. The number of nitro groups is 1. The third kappa shape index (κ3) is 3.15. The molecule has 2 atom stereocenters. The summed E-state index contributed by atoms with van der Waals surface area (Å²) in [7, 11) is 0. The van der Waals surface area contributed by atoms with Crippen LogP contribution in [0.3, 0.4) is 0 Å². The fraction of sp³-hybridized carbons (Fsp3) is 0.533. The standard InChI is InChI=1S/C15H19N3O3/c1-10-3-2-4-11(6-5-10)16-15-17-13-8-7-12(18(19)20)9-14(13)21-15/h7-11H,2-6H2,1H3,(H,16,17). The summed E-state index contributed by atoms with van der Waals surface area (Å²) in [5, 5.41) is 14.1. The van der Waals surface area contributed by atoms with Gasteiger partial charge in [-0.1, -0.05) is 19.8 Å². The zero-order chi connectivity index (χ0) is 14.8. The Morgan fingerprint density at radius 2 is 2.19 bits per heavy atom. The highest BCUT2D eigenvalue weighted by Crippen LogP contribution is 2.27. The lowest BCUT2D eigenvalue weighted by Crippen LogP contribution is -2.18. The molecule has 1 aromatic carbocycles. The van der Waals surface area contributed by atoms with E-state index in [0.717, 1.165) is 18.8 Å². The molecule has 1 N–H and O–H groups in total. The van der Waals surface area contributed by atoms with Gasteiger partial charge in [0.1, 0.15) is 5.52 Å². The van der Waals surface area contributed by atoms with E-state index in [-0.39, 0.29) is 5.69 Å². The van der Waals surface area contributed by atoms with Gasteiger partial charge in [0.05, 0.1) is 11.0 Å². The number of aromatic nitrogens is 1. The van der Waals surface area contributed by atoms with Crippen molar-refractivity contribution in [3.05, 3.63) is 28.3 Å². The number of oxazole rings is 1. The Morgan fingerprint density at radius 1 is 1.33 bits per heavy atom. The summed E-state index contributed by atoms with van der Waals surface area (Å²) in [6.07, 6.45) is 5.93. The predicted molar refractivity (Wildman–Crippen MR) is 80.3 cm³/mol. The van der Waals surface area contributed by atoms with Crippen LogP contribution in [0, 0.1) is 16.0 Å². The average Bonchev–Trinajstić information content (AvgIpc) is 2.74. The minimum absolute atomic E-state index is 0.0218. The lowest BCUT2D eigenvalue weighted by Gasteiger charge is -2.14. The van der Waals surface area contributed by atoms with E-state index in [4.69, 9.17) is 4.42 Å². The van der Waals surface area contributed by atoms with E-state index < -0.39 is 4.92 Å². The van der Waals surface area contributed by atoms with Crippen molar-refractivity contribution in [1.82, 2.24) is 4.98 Å². The Balaban J connectivity index is 1.76. The van der Waals surface area contributed by atoms with Crippen LogP contribution in [0.5, 0.6) is 0 Å². The first-order chi connectivity index (χ1) is 10.1. The van der Waals surface area contributed by atoms with Crippen molar-refractivity contribution in [3.63, 3.8) is 0 Å². The van der Waals surface area contributed by atoms with Crippen molar-refractivity contribution >= 4 is 22.8 Å².